The summed E-state index contributed by atoms with van der Waals surface area (Å²) in [5.41, 5.74) is 2.49. The quantitative estimate of drug-likeness (QED) is 0.805. The molecule has 0 saturated carbocycles. The molecule has 1 atom stereocenters. The van der Waals surface area contributed by atoms with Gasteiger partial charge >= 0.3 is 0 Å². The number of anilines is 2. The molecule has 0 saturated heterocycles. The van der Waals surface area contributed by atoms with E-state index in [2.05, 4.69) is 10.6 Å². The minimum atomic E-state index is -0.455. The Bertz CT molecular complexity index is 746. The third-order valence-corrected chi connectivity index (χ3v) is 3.77. The number of carbonyl (C=O) groups excluding carboxylic acids is 1. The maximum atomic E-state index is 12.5. The van der Waals surface area contributed by atoms with Crippen LogP contribution in [0.5, 0.6) is 17.2 Å². The molecule has 0 fully saturated rings. The standard InChI is InChI=1S/C19H24N2O4/c1-12-6-8-16(23-3)15(10-12)20-13(2)19(22)21-14-7-9-17(24-4)18(11-14)25-5/h6-11,13,20H,1-5H3,(H,21,22)/t13-/m0/s1. The molecular weight excluding hydrogens is 320 g/mol. The highest BCUT2D eigenvalue weighted by molar-refractivity contribution is 5.96. The fourth-order valence-corrected chi connectivity index (χ4v) is 2.40. The summed E-state index contributed by atoms with van der Waals surface area (Å²) in [5, 5.41) is 6.04. The predicted molar refractivity (Wildman–Crippen MR) is 99.0 cm³/mol. The van der Waals surface area contributed by atoms with Gasteiger partial charge in [0.2, 0.25) is 5.91 Å². The van der Waals surface area contributed by atoms with E-state index in [1.807, 2.05) is 25.1 Å². The minimum absolute atomic E-state index is 0.171. The number of rotatable bonds is 7. The first kappa shape index (κ1) is 18.4. The van der Waals surface area contributed by atoms with Crippen LogP contribution in [0, 0.1) is 6.92 Å². The van der Waals surface area contributed by atoms with E-state index >= 15 is 0 Å². The van der Waals surface area contributed by atoms with E-state index in [1.165, 1.54) is 0 Å². The van der Waals surface area contributed by atoms with Gasteiger partial charge < -0.3 is 24.8 Å². The smallest absolute Gasteiger partial charge is 0.246 e. The molecule has 0 aromatic heterocycles. The summed E-state index contributed by atoms with van der Waals surface area (Å²) in [5.74, 6) is 1.68. The highest BCUT2D eigenvalue weighted by atomic mass is 16.5. The first-order chi connectivity index (χ1) is 12.0. The number of ether oxygens (including phenoxy) is 3. The van der Waals surface area contributed by atoms with Gasteiger partial charge in [-0.3, -0.25) is 4.79 Å². The van der Waals surface area contributed by atoms with Crippen LogP contribution in [0.3, 0.4) is 0 Å². The molecule has 1 amide bonds. The third kappa shape index (κ3) is 4.56. The number of aryl methyl sites for hydroxylation is 1. The molecule has 0 aliphatic rings. The Morgan fingerprint density at radius 3 is 2.20 bits per heavy atom. The van der Waals surface area contributed by atoms with Crippen molar-refractivity contribution in [2.45, 2.75) is 19.9 Å². The van der Waals surface area contributed by atoms with Gasteiger partial charge in [0.25, 0.3) is 0 Å². The number of methoxy groups -OCH3 is 3. The number of benzene rings is 2. The van der Waals surface area contributed by atoms with Crippen molar-refractivity contribution in [1.82, 2.24) is 0 Å². The third-order valence-electron chi connectivity index (χ3n) is 3.77. The number of hydrogen-bond donors (Lipinski definition) is 2. The van der Waals surface area contributed by atoms with E-state index in [0.29, 0.717) is 22.9 Å². The molecule has 6 nitrogen and oxygen atoms in total. The largest absolute Gasteiger partial charge is 0.495 e. The fraction of sp³-hybridized carbons (Fsp3) is 0.316. The first-order valence-electron chi connectivity index (χ1n) is 7.92. The summed E-state index contributed by atoms with van der Waals surface area (Å²) in [6, 6.07) is 10.5. The molecular formula is C19H24N2O4. The van der Waals surface area contributed by atoms with Crippen molar-refractivity contribution in [3.05, 3.63) is 42.0 Å². The van der Waals surface area contributed by atoms with Crippen molar-refractivity contribution in [2.24, 2.45) is 0 Å². The van der Waals surface area contributed by atoms with Crippen LogP contribution in [0.4, 0.5) is 11.4 Å². The van der Waals surface area contributed by atoms with Gasteiger partial charge in [-0.1, -0.05) is 6.07 Å². The van der Waals surface area contributed by atoms with Crippen LogP contribution in [0.15, 0.2) is 36.4 Å². The number of carbonyl (C=O) groups is 1. The van der Waals surface area contributed by atoms with E-state index in [0.717, 1.165) is 11.3 Å². The van der Waals surface area contributed by atoms with Gasteiger partial charge in [0.1, 0.15) is 11.8 Å². The summed E-state index contributed by atoms with van der Waals surface area (Å²) in [6.07, 6.45) is 0. The van der Waals surface area contributed by atoms with Crippen LogP contribution >= 0.6 is 0 Å². The Morgan fingerprint density at radius 1 is 0.920 bits per heavy atom. The van der Waals surface area contributed by atoms with Gasteiger partial charge in [0, 0.05) is 11.8 Å². The number of nitrogens with one attached hydrogen (secondary N) is 2. The molecule has 0 spiro atoms. The summed E-state index contributed by atoms with van der Waals surface area (Å²) in [7, 11) is 4.72. The summed E-state index contributed by atoms with van der Waals surface area (Å²) in [6.45, 7) is 3.77. The van der Waals surface area contributed by atoms with Crippen LogP contribution in [-0.2, 0) is 4.79 Å². The van der Waals surface area contributed by atoms with E-state index in [4.69, 9.17) is 14.2 Å². The zero-order valence-electron chi connectivity index (χ0n) is 15.2. The zero-order valence-corrected chi connectivity index (χ0v) is 15.2. The van der Waals surface area contributed by atoms with E-state index in [9.17, 15) is 4.79 Å². The van der Waals surface area contributed by atoms with Gasteiger partial charge in [-0.15, -0.1) is 0 Å². The molecule has 2 rings (SSSR count). The average molecular weight is 344 g/mol. The summed E-state index contributed by atoms with van der Waals surface area (Å²) >= 11 is 0. The second-order valence-electron chi connectivity index (χ2n) is 5.63. The second kappa shape index (κ2) is 8.28. The fourth-order valence-electron chi connectivity index (χ4n) is 2.40. The highest BCUT2D eigenvalue weighted by Crippen LogP contribution is 2.30. The van der Waals surface area contributed by atoms with Crippen molar-refractivity contribution in [2.75, 3.05) is 32.0 Å². The lowest BCUT2D eigenvalue weighted by atomic mass is 10.2. The molecule has 0 radical (unpaired) electrons. The van der Waals surface area contributed by atoms with Crippen LogP contribution < -0.4 is 24.8 Å². The maximum Gasteiger partial charge on any atom is 0.246 e. The van der Waals surface area contributed by atoms with E-state index < -0.39 is 6.04 Å². The van der Waals surface area contributed by atoms with Crippen molar-refractivity contribution < 1.29 is 19.0 Å². The molecule has 2 aromatic carbocycles. The molecule has 134 valence electrons. The zero-order chi connectivity index (χ0) is 18.4. The number of hydrogen-bond acceptors (Lipinski definition) is 5. The Kier molecular flexibility index (Phi) is 6.11. The van der Waals surface area contributed by atoms with Crippen molar-refractivity contribution in [1.29, 1.82) is 0 Å². The minimum Gasteiger partial charge on any atom is -0.495 e. The van der Waals surface area contributed by atoms with Gasteiger partial charge in [-0.25, -0.2) is 0 Å². The summed E-state index contributed by atoms with van der Waals surface area (Å²) in [4.78, 5) is 12.5. The molecule has 25 heavy (non-hydrogen) atoms. The van der Waals surface area contributed by atoms with Gasteiger partial charge in [0.05, 0.1) is 27.0 Å². The number of amides is 1. The van der Waals surface area contributed by atoms with Crippen LogP contribution in [0.2, 0.25) is 0 Å². The van der Waals surface area contributed by atoms with E-state index in [-0.39, 0.29) is 5.91 Å². The predicted octanol–water partition coefficient (Wildman–Crippen LogP) is 3.46. The van der Waals surface area contributed by atoms with Crippen molar-refractivity contribution in [3.63, 3.8) is 0 Å². The topological polar surface area (TPSA) is 68.8 Å². The lowest BCUT2D eigenvalue weighted by Crippen LogP contribution is -2.32. The molecule has 2 N–H and O–H groups in total. The van der Waals surface area contributed by atoms with Crippen LogP contribution in [0.1, 0.15) is 12.5 Å². The molecule has 0 heterocycles. The van der Waals surface area contributed by atoms with Gasteiger partial charge in [-0.2, -0.15) is 0 Å². The Labute approximate surface area is 148 Å². The molecule has 0 unspecified atom stereocenters. The first-order valence-corrected chi connectivity index (χ1v) is 7.92. The van der Waals surface area contributed by atoms with Crippen LogP contribution in [0.25, 0.3) is 0 Å². The lowest BCUT2D eigenvalue weighted by molar-refractivity contribution is -0.116. The van der Waals surface area contributed by atoms with Gasteiger partial charge in [0.15, 0.2) is 11.5 Å². The Hall–Kier alpha value is -2.89. The molecule has 0 aliphatic heterocycles. The molecule has 2 aromatic rings. The summed E-state index contributed by atoms with van der Waals surface area (Å²) < 4.78 is 15.8. The molecule has 0 aliphatic carbocycles. The van der Waals surface area contributed by atoms with Crippen molar-refractivity contribution >= 4 is 17.3 Å². The monoisotopic (exact) mass is 344 g/mol. The van der Waals surface area contributed by atoms with Gasteiger partial charge in [-0.05, 0) is 43.7 Å². The normalized spacial score (nSPS) is 11.4. The highest BCUT2D eigenvalue weighted by Gasteiger charge is 2.16. The maximum absolute atomic E-state index is 12.5. The second-order valence-corrected chi connectivity index (χ2v) is 5.63. The molecule has 0 bridgehead atoms. The van der Waals surface area contributed by atoms with Crippen LogP contribution in [-0.4, -0.2) is 33.3 Å². The van der Waals surface area contributed by atoms with Crippen molar-refractivity contribution in [3.8, 4) is 17.2 Å². The Balaban J connectivity index is 2.09. The van der Waals surface area contributed by atoms with E-state index in [1.54, 1.807) is 46.5 Å². The Morgan fingerprint density at radius 2 is 1.56 bits per heavy atom. The SMILES string of the molecule is COc1ccc(C)cc1N[C@@H](C)C(=O)Nc1ccc(OC)c(OC)c1. The molecule has 6 heteroatoms. The average Bonchev–Trinajstić information content (AvgIpc) is 2.61. The lowest BCUT2D eigenvalue weighted by Gasteiger charge is -2.18.